The molecule has 0 aliphatic carbocycles. The highest BCUT2D eigenvalue weighted by Crippen LogP contribution is 2.39. The van der Waals surface area contributed by atoms with Crippen molar-refractivity contribution in [3.05, 3.63) is 46.9 Å². The van der Waals surface area contributed by atoms with E-state index in [2.05, 4.69) is 17.5 Å². The number of hydrogen-bond donors (Lipinski definition) is 0. The largest absolute Gasteiger partial charge is 0.340 e. The number of fused-ring (bicyclic) bond motifs is 6. The van der Waals surface area contributed by atoms with Gasteiger partial charge < -0.3 is 9.47 Å². The van der Waals surface area contributed by atoms with Crippen molar-refractivity contribution in [1.82, 2.24) is 14.4 Å². The Morgan fingerprint density at radius 3 is 2.96 bits per heavy atom. The second-order valence-corrected chi connectivity index (χ2v) is 7.32. The number of carbonyl (C=O) groups excluding carboxylic acids is 1. The van der Waals surface area contributed by atoms with Gasteiger partial charge in [0.05, 0.1) is 0 Å². The molecule has 0 aromatic carbocycles. The Morgan fingerprint density at radius 1 is 1.25 bits per heavy atom. The Bertz CT molecular complexity index is 711. The lowest BCUT2D eigenvalue weighted by Crippen LogP contribution is -2.62. The van der Waals surface area contributed by atoms with Crippen LogP contribution in [0.4, 0.5) is 0 Å². The molecular weight excluding hydrogens is 302 g/mol. The monoisotopic (exact) mass is 327 g/mol. The predicted molar refractivity (Wildman–Crippen MR) is 92.9 cm³/mol. The first-order chi connectivity index (χ1) is 11.7. The summed E-state index contributed by atoms with van der Waals surface area (Å²) in [5.41, 5.74) is 1.31. The fraction of sp³-hybridized carbons (Fsp3) is 0.579. The summed E-state index contributed by atoms with van der Waals surface area (Å²) in [6.45, 7) is 8.10. The van der Waals surface area contributed by atoms with Gasteiger partial charge in [-0.25, -0.2) is 0 Å². The highest BCUT2D eigenvalue weighted by Gasteiger charge is 2.43. The van der Waals surface area contributed by atoms with Gasteiger partial charge in [-0.1, -0.05) is 12.1 Å². The van der Waals surface area contributed by atoms with Gasteiger partial charge in [-0.3, -0.25) is 14.5 Å². The van der Waals surface area contributed by atoms with Crippen LogP contribution in [0.3, 0.4) is 0 Å². The molecule has 0 spiro atoms. The molecule has 4 rings (SSSR count). The summed E-state index contributed by atoms with van der Waals surface area (Å²) in [6.07, 6.45) is 4.26. The molecule has 1 amide bonds. The molecule has 2 fully saturated rings. The maximum atomic E-state index is 12.4. The first kappa shape index (κ1) is 15.6. The number of piperidine rings is 1. The molecular formula is C19H25N3O2. The van der Waals surface area contributed by atoms with Crippen molar-refractivity contribution in [3.63, 3.8) is 0 Å². The molecule has 5 heteroatoms. The third-order valence-corrected chi connectivity index (χ3v) is 5.95. The number of rotatable bonds is 3. The van der Waals surface area contributed by atoms with Crippen LogP contribution in [0.25, 0.3) is 0 Å². The van der Waals surface area contributed by atoms with Crippen LogP contribution >= 0.6 is 0 Å². The average Bonchev–Trinajstić information content (AvgIpc) is 2.60. The van der Waals surface area contributed by atoms with E-state index in [-0.39, 0.29) is 11.5 Å². The molecule has 0 saturated carbocycles. The van der Waals surface area contributed by atoms with Crippen LogP contribution in [-0.2, 0) is 11.3 Å². The summed E-state index contributed by atoms with van der Waals surface area (Å²) in [5, 5.41) is 0. The van der Waals surface area contributed by atoms with Crippen molar-refractivity contribution < 1.29 is 4.79 Å². The van der Waals surface area contributed by atoms with Gasteiger partial charge >= 0.3 is 0 Å². The van der Waals surface area contributed by atoms with Crippen LogP contribution < -0.4 is 5.56 Å². The van der Waals surface area contributed by atoms with E-state index < -0.39 is 0 Å². The minimum Gasteiger partial charge on any atom is -0.340 e. The first-order valence-electron chi connectivity index (χ1n) is 9.00. The van der Waals surface area contributed by atoms with Crippen LogP contribution in [0.1, 0.15) is 30.9 Å². The van der Waals surface area contributed by atoms with Gasteiger partial charge in [-0.15, -0.1) is 6.58 Å². The smallest absolute Gasteiger partial charge is 0.250 e. The van der Waals surface area contributed by atoms with Crippen molar-refractivity contribution in [1.29, 1.82) is 0 Å². The van der Waals surface area contributed by atoms with Gasteiger partial charge in [0.1, 0.15) is 0 Å². The highest BCUT2D eigenvalue weighted by atomic mass is 16.2. The lowest BCUT2D eigenvalue weighted by Gasteiger charge is -2.52. The number of hydrogen-bond acceptors (Lipinski definition) is 3. The van der Waals surface area contributed by atoms with E-state index >= 15 is 0 Å². The number of pyridine rings is 1. The Hall–Kier alpha value is -1.88. The summed E-state index contributed by atoms with van der Waals surface area (Å²) < 4.78 is 1.97. The van der Waals surface area contributed by atoms with E-state index in [1.165, 1.54) is 5.69 Å². The zero-order valence-corrected chi connectivity index (χ0v) is 14.1. The average molecular weight is 327 g/mol. The van der Waals surface area contributed by atoms with E-state index in [1.807, 2.05) is 21.6 Å². The predicted octanol–water partition coefficient (Wildman–Crippen LogP) is 1.44. The Labute approximate surface area is 142 Å². The van der Waals surface area contributed by atoms with E-state index in [1.54, 1.807) is 6.07 Å². The molecule has 3 atom stereocenters. The van der Waals surface area contributed by atoms with Crippen LogP contribution in [0.2, 0.25) is 0 Å². The number of amides is 1. The first-order valence-corrected chi connectivity index (χ1v) is 9.00. The number of piperazine rings is 1. The molecule has 0 radical (unpaired) electrons. The normalized spacial score (nSPS) is 28.8. The quantitative estimate of drug-likeness (QED) is 0.789. The number of aromatic nitrogens is 1. The molecule has 1 aromatic heterocycles. The van der Waals surface area contributed by atoms with Crippen molar-refractivity contribution in [2.75, 3.05) is 26.2 Å². The van der Waals surface area contributed by atoms with Crippen LogP contribution in [0.5, 0.6) is 0 Å². The van der Waals surface area contributed by atoms with Gasteiger partial charge in [0.15, 0.2) is 0 Å². The zero-order valence-electron chi connectivity index (χ0n) is 14.1. The SMILES string of the molecule is C=CCCC(=O)N1CCN2C[C@@H]3C[C@@H](Cn4c3cccc4=O)[C@@H]2C1. The third kappa shape index (κ3) is 2.61. The summed E-state index contributed by atoms with van der Waals surface area (Å²) in [7, 11) is 0. The standard InChI is InChI=1S/C19H25N3O2/c1-2-3-6-18(23)21-9-8-20-11-14-10-15(17(20)13-21)12-22-16(14)5-4-7-19(22)24/h2,4-5,7,14-15,17H,1,3,6,8-13H2/t14-,15-,17-/m0/s1. The second kappa shape index (κ2) is 6.20. The van der Waals surface area contributed by atoms with Gasteiger partial charge in [-0.2, -0.15) is 0 Å². The molecule has 0 N–H and O–H groups in total. The molecule has 3 aliphatic heterocycles. The van der Waals surface area contributed by atoms with Crippen LogP contribution in [-0.4, -0.2) is 52.5 Å². The molecule has 24 heavy (non-hydrogen) atoms. The maximum Gasteiger partial charge on any atom is 0.250 e. The minimum atomic E-state index is 0.116. The summed E-state index contributed by atoms with van der Waals surface area (Å²) in [4.78, 5) is 29.2. The van der Waals surface area contributed by atoms with Crippen molar-refractivity contribution in [2.45, 2.75) is 37.8 Å². The summed E-state index contributed by atoms with van der Waals surface area (Å²) in [6, 6.07) is 6.05. The number of nitrogens with zero attached hydrogens (tertiary/aromatic N) is 3. The fourth-order valence-electron chi connectivity index (χ4n) is 4.74. The van der Waals surface area contributed by atoms with E-state index in [0.717, 1.165) is 45.6 Å². The molecule has 1 aromatic rings. The van der Waals surface area contributed by atoms with Gasteiger partial charge in [0.2, 0.25) is 5.91 Å². The molecule has 128 valence electrons. The second-order valence-electron chi connectivity index (χ2n) is 7.32. The molecule has 0 unspecified atom stereocenters. The lowest BCUT2D eigenvalue weighted by atomic mass is 9.77. The Morgan fingerprint density at radius 2 is 2.12 bits per heavy atom. The molecule has 2 saturated heterocycles. The third-order valence-electron chi connectivity index (χ3n) is 5.95. The van der Waals surface area contributed by atoms with E-state index in [0.29, 0.717) is 24.3 Å². The fourth-order valence-corrected chi connectivity index (χ4v) is 4.74. The van der Waals surface area contributed by atoms with Crippen molar-refractivity contribution in [2.24, 2.45) is 5.92 Å². The molecule has 5 nitrogen and oxygen atoms in total. The molecule has 2 bridgehead atoms. The van der Waals surface area contributed by atoms with Gasteiger partial charge in [0, 0.05) is 62.9 Å². The number of carbonyl (C=O) groups is 1. The van der Waals surface area contributed by atoms with Crippen LogP contribution in [0, 0.1) is 5.92 Å². The number of allylic oxidation sites excluding steroid dienone is 1. The Kier molecular flexibility index (Phi) is 4.04. The van der Waals surface area contributed by atoms with E-state index in [4.69, 9.17) is 0 Å². The van der Waals surface area contributed by atoms with Gasteiger partial charge in [0.25, 0.3) is 5.56 Å². The zero-order chi connectivity index (χ0) is 16.7. The highest BCUT2D eigenvalue weighted by molar-refractivity contribution is 5.76. The van der Waals surface area contributed by atoms with Crippen molar-refractivity contribution in [3.8, 4) is 0 Å². The lowest BCUT2D eigenvalue weighted by molar-refractivity contribution is -0.136. The molecule has 4 heterocycles. The summed E-state index contributed by atoms with van der Waals surface area (Å²) >= 11 is 0. The topological polar surface area (TPSA) is 45.6 Å². The van der Waals surface area contributed by atoms with Crippen LogP contribution in [0.15, 0.2) is 35.6 Å². The maximum absolute atomic E-state index is 12.4. The van der Waals surface area contributed by atoms with Crippen molar-refractivity contribution >= 4 is 5.91 Å². The molecule has 3 aliphatic rings. The van der Waals surface area contributed by atoms with Gasteiger partial charge in [-0.05, 0) is 24.8 Å². The summed E-state index contributed by atoms with van der Waals surface area (Å²) in [5.74, 6) is 1.16. The Balaban J connectivity index is 1.54. The van der Waals surface area contributed by atoms with E-state index in [9.17, 15) is 9.59 Å². The minimum absolute atomic E-state index is 0.116.